The summed E-state index contributed by atoms with van der Waals surface area (Å²) in [5.74, 6) is 0.00320. The summed E-state index contributed by atoms with van der Waals surface area (Å²) in [6, 6.07) is 9.35. The number of nitroso groups, excluding NO2 is 1. The Hall–Kier alpha value is -1.71. The van der Waals surface area contributed by atoms with Crippen LogP contribution in [0.5, 0.6) is 0 Å². The maximum absolute atomic E-state index is 12.3. The van der Waals surface area contributed by atoms with Crippen molar-refractivity contribution in [2.45, 2.75) is 32.9 Å². The third kappa shape index (κ3) is 1.92. The van der Waals surface area contributed by atoms with E-state index in [2.05, 4.69) is 5.18 Å². The Bertz CT molecular complexity index is 456. The molecule has 1 aromatic carbocycles. The van der Waals surface area contributed by atoms with E-state index in [9.17, 15) is 9.70 Å². The topological polar surface area (TPSA) is 49.7 Å². The summed E-state index contributed by atoms with van der Waals surface area (Å²) >= 11 is 0. The Morgan fingerprint density at radius 3 is 2.44 bits per heavy atom. The second-order valence-corrected chi connectivity index (χ2v) is 5.39. The maximum Gasteiger partial charge on any atom is 0.231 e. The fraction of sp³-hybridized carbons (Fsp3) is 0.500. The molecule has 2 unspecified atom stereocenters. The number of rotatable bonds is 3. The molecule has 0 bridgehead atoms. The van der Waals surface area contributed by atoms with E-state index in [1.807, 2.05) is 37.3 Å². The zero-order valence-corrected chi connectivity index (χ0v) is 11.0. The summed E-state index contributed by atoms with van der Waals surface area (Å²) in [5, 5.41) is 3.10. The van der Waals surface area contributed by atoms with E-state index in [1.165, 1.54) is 0 Å². The average molecular weight is 246 g/mol. The predicted octanol–water partition coefficient (Wildman–Crippen LogP) is 2.75. The standard InChI is InChI=1S/C14H18N2O2/c1-10(11-7-5-4-6-8-11)16-9-12(15-18)14(2,3)13(16)17/h4-8,10,12H,9H2,1-3H3. The SMILES string of the molecule is CC(c1ccccc1)N1CC(N=O)C(C)(C)C1=O. The van der Waals surface area contributed by atoms with Crippen molar-refractivity contribution < 1.29 is 4.79 Å². The van der Waals surface area contributed by atoms with Crippen LogP contribution >= 0.6 is 0 Å². The molecule has 2 atom stereocenters. The average Bonchev–Trinajstić information content (AvgIpc) is 2.61. The number of hydrogen-bond acceptors (Lipinski definition) is 3. The fourth-order valence-corrected chi connectivity index (χ4v) is 2.42. The second-order valence-electron chi connectivity index (χ2n) is 5.39. The molecular formula is C14H18N2O2. The normalized spacial score (nSPS) is 24.1. The van der Waals surface area contributed by atoms with Gasteiger partial charge < -0.3 is 4.90 Å². The summed E-state index contributed by atoms with van der Waals surface area (Å²) in [6.45, 7) is 5.97. The molecule has 1 saturated heterocycles. The first-order valence-electron chi connectivity index (χ1n) is 6.17. The first-order valence-corrected chi connectivity index (χ1v) is 6.17. The van der Waals surface area contributed by atoms with E-state index in [-0.39, 0.29) is 11.9 Å². The van der Waals surface area contributed by atoms with Gasteiger partial charge in [-0.1, -0.05) is 35.5 Å². The number of likely N-dealkylation sites (tertiary alicyclic amines) is 1. The highest BCUT2D eigenvalue weighted by atomic mass is 16.3. The Balaban J connectivity index is 2.26. The van der Waals surface area contributed by atoms with Crippen LogP contribution in [0.2, 0.25) is 0 Å². The van der Waals surface area contributed by atoms with Crippen LogP contribution in [0.3, 0.4) is 0 Å². The number of amides is 1. The number of benzene rings is 1. The molecule has 1 aliphatic heterocycles. The van der Waals surface area contributed by atoms with E-state index in [0.717, 1.165) is 5.56 Å². The van der Waals surface area contributed by atoms with Gasteiger partial charge in [0, 0.05) is 6.54 Å². The Kier molecular flexibility index (Phi) is 3.20. The van der Waals surface area contributed by atoms with Crippen molar-refractivity contribution in [3.05, 3.63) is 40.8 Å². The highest BCUT2D eigenvalue weighted by Crippen LogP contribution is 2.37. The number of hydrogen-bond donors (Lipinski definition) is 0. The minimum Gasteiger partial charge on any atom is -0.333 e. The molecular weight excluding hydrogens is 228 g/mol. The summed E-state index contributed by atoms with van der Waals surface area (Å²) in [6.07, 6.45) is 0. The molecule has 0 aromatic heterocycles. The molecule has 1 heterocycles. The van der Waals surface area contributed by atoms with Crippen molar-refractivity contribution >= 4 is 5.91 Å². The monoisotopic (exact) mass is 246 g/mol. The largest absolute Gasteiger partial charge is 0.333 e. The third-order valence-electron chi connectivity index (χ3n) is 3.89. The van der Waals surface area contributed by atoms with Gasteiger partial charge in [-0.2, -0.15) is 4.91 Å². The van der Waals surface area contributed by atoms with Crippen molar-refractivity contribution in [1.29, 1.82) is 0 Å². The van der Waals surface area contributed by atoms with Gasteiger partial charge in [-0.3, -0.25) is 4.79 Å². The van der Waals surface area contributed by atoms with Gasteiger partial charge in [-0.05, 0) is 26.3 Å². The van der Waals surface area contributed by atoms with Crippen LogP contribution < -0.4 is 0 Å². The molecule has 4 nitrogen and oxygen atoms in total. The first kappa shape index (κ1) is 12.7. The quantitative estimate of drug-likeness (QED) is 0.770. The summed E-state index contributed by atoms with van der Waals surface area (Å²) < 4.78 is 0. The zero-order valence-electron chi connectivity index (χ0n) is 11.0. The van der Waals surface area contributed by atoms with E-state index < -0.39 is 11.5 Å². The zero-order chi connectivity index (χ0) is 13.3. The molecule has 4 heteroatoms. The van der Waals surface area contributed by atoms with Gasteiger partial charge in [0.05, 0.1) is 11.5 Å². The number of carbonyl (C=O) groups excluding carboxylic acids is 1. The van der Waals surface area contributed by atoms with Crippen LogP contribution in [-0.2, 0) is 4.79 Å². The summed E-state index contributed by atoms with van der Waals surface area (Å²) in [4.78, 5) is 24.9. The Morgan fingerprint density at radius 2 is 1.94 bits per heavy atom. The molecule has 0 saturated carbocycles. The molecule has 1 aromatic rings. The number of nitrogens with zero attached hydrogens (tertiary/aromatic N) is 2. The van der Waals surface area contributed by atoms with Gasteiger partial charge in [0.2, 0.25) is 5.91 Å². The lowest BCUT2D eigenvalue weighted by Crippen LogP contribution is -2.33. The molecule has 96 valence electrons. The van der Waals surface area contributed by atoms with Crippen LogP contribution in [0.1, 0.15) is 32.4 Å². The third-order valence-corrected chi connectivity index (χ3v) is 3.89. The molecule has 1 fully saturated rings. The van der Waals surface area contributed by atoms with E-state index >= 15 is 0 Å². The van der Waals surface area contributed by atoms with Gasteiger partial charge in [0.25, 0.3) is 0 Å². The molecule has 0 aliphatic carbocycles. The first-order chi connectivity index (χ1) is 8.48. The van der Waals surface area contributed by atoms with E-state index in [4.69, 9.17) is 0 Å². The fourth-order valence-electron chi connectivity index (χ4n) is 2.42. The minimum atomic E-state index is -0.690. The molecule has 1 amide bonds. The molecule has 0 spiro atoms. The lowest BCUT2D eigenvalue weighted by atomic mass is 9.87. The van der Waals surface area contributed by atoms with Crippen LogP contribution in [-0.4, -0.2) is 23.4 Å². The van der Waals surface area contributed by atoms with E-state index in [1.54, 1.807) is 18.7 Å². The lowest BCUT2D eigenvalue weighted by molar-refractivity contribution is -0.136. The van der Waals surface area contributed by atoms with Crippen LogP contribution in [0.15, 0.2) is 35.5 Å². The van der Waals surface area contributed by atoms with Gasteiger partial charge in [-0.15, -0.1) is 0 Å². The van der Waals surface area contributed by atoms with Crippen molar-refractivity contribution in [2.75, 3.05) is 6.54 Å². The van der Waals surface area contributed by atoms with Crippen LogP contribution in [0.4, 0.5) is 0 Å². The Labute approximate surface area is 107 Å². The molecule has 0 radical (unpaired) electrons. The molecule has 1 aliphatic rings. The van der Waals surface area contributed by atoms with Crippen molar-refractivity contribution in [3.8, 4) is 0 Å². The van der Waals surface area contributed by atoms with Crippen LogP contribution in [0, 0.1) is 10.3 Å². The van der Waals surface area contributed by atoms with Gasteiger partial charge in [0.15, 0.2) is 0 Å². The smallest absolute Gasteiger partial charge is 0.231 e. The maximum atomic E-state index is 12.3. The second kappa shape index (κ2) is 4.52. The Morgan fingerprint density at radius 1 is 1.33 bits per heavy atom. The predicted molar refractivity (Wildman–Crippen MR) is 69.9 cm³/mol. The van der Waals surface area contributed by atoms with Gasteiger partial charge >= 0.3 is 0 Å². The molecule has 0 N–H and O–H groups in total. The van der Waals surface area contributed by atoms with Gasteiger partial charge in [0.1, 0.15) is 6.04 Å². The van der Waals surface area contributed by atoms with Crippen LogP contribution in [0.25, 0.3) is 0 Å². The van der Waals surface area contributed by atoms with Crippen molar-refractivity contribution in [1.82, 2.24) is 4.90 Å². The molecule has 18 heavy (non-hydrogen) atoms. The van der Waals surface area contributed by atoms with E-state index in [0.29, 0.717) is 6.54 Å². The summed E-state index contributed by atoms with van der Waals surface area (Å²) in [7, 11) is 0. The molecule has 2 rings (SSSR count). The van der Waals surface area contributed by atoms with Crippen molar-refractivity contribution in [3.63, 3.8) is 0 Å². The number of carbonyl (C=O) groups is 1. The lowest BCUT2D eigenvalue weighted by Gasteiger charge is -2.26. The highest BCUT2D eigenvalue weighted by molar-refractivity contribution is 5.85. The minimum absolute atomic E-state index is 0.00320. The van der Waals surface area contributed by atoms with Crippen molar-refractivity contribution in [2.24, 2.45) is 10.6 Å². The van der Waals surface area contributed by atoms with Gasteiger partial charge in [-0.25, -0.2) is 0 Å². The summed E-state index contributed by atoms with van der Waals surface area (Å²) in [5.41, 5.74) is 0.387. The highest BCUT2D eigenvalue weighted by Gasteiger charge is 2.49.